The van der Waals surface area contributed by atoms with Crippen LogP contribution in [0.5, 0.6) is 0 Å². The number of aromatic nitrogens is 1. The molecule has 2 heterocycles. The molecule has 0 bridgehead atoms. The van der Waals surface area contributed by atoms with Gasteiger partial charge in [-0.25, -0.2) is 13.4 Å². The maximum atomic E-state index is 12.5. The Morgan fingerprint density at radius 3 is 2.45 bits per heavy atom. The van der Waals surface area contributed by atoms with Crippen LogP contribution in [0.3, 0.4) is 0 Å². The van der Waals surface area contributed by atoms with Crippen LogP contribution < -0.4 is 0 Å². The minimum Gasteiger partial charge on any atom is -0.242 e. The van der Waals surface area contributed by atoms with Crippen molar-refractivity contribution >= 4 is 33.2 Å². The highest BCUT2D eigenvalue weighted by atomic mass is 35.5. The second-order valence-corrected chi connectivity index (χ2v) is 8.22. The zero-order valence-corrected chi connectivity index (χ0v) is 13.9. The first-order valence-corrected chi connectivity index (χ1v) is 8.79. The Bertz CT molecular complexity index is 596. The first-order chi connectivity index (χ1) is 9.28. The van der Waals surface area contributed by atoms with Crippen LogP contribution in [0, 0.1) is 5.41 Å². The molecule has 0 aliphatic carbocycles. The number of sulfonamides is 1. The SMILES string of the molecule is CCC1(C)CCN(S(=O)(=O)c2cnc(Cl)c(Cl)c2)CC1. The van der Waals surface area contributed by atoms with Crippen LogP contribution in [-0.2, 0) is 10.0 Å². The van der Waals surface area contributed by atoms with Crippen molar-refractivity contribution in [1.29, 1.82) is 0 Å². The summed E-state index contributed by atoms with van der Waals surface area (Å²) in [6, 6.07) is 1.36. The van der Waals surface area contributed by atoms with Gasteiger partial charge in [0.1, 0.15) is 10.0 Å². The zero-order valence-electron chi connectivity index (χ0n) is 11.6. The van der Waals surface area contributed by atoms with Crippen molar-refractivity contribution in [3.05, 3.63) is 22.4 Å². The lowest BCUT2D eigenvalue weighted by atomic mass is 9.79. The molecule has 0 N–H and O–H groups in total. The number of halogens is 2. The number of hydrogen-bond donors (Lipinski definition) is 0. The predicted octanol–water partition coefficient (Wildman–Crippen LogP) is 3.59. The molecule has 20 heavy (non-hydrogen) atoms. The molecule has 0 atom stereocenters. The number of pyridine rings is 1. The smallest absolute Gasteiger partial charge is 0.242 e. The monoisotopic (exact) mass is 336 g/mol. The average molecular weight is 337 g/mol. The van der Waals surface area contributed by atoms with Crippen molar-refractivity contribution in [3.63, 3.8) is 0 Å². The maximum absolute atomic E-state index is 12.5. The molecule has 0 spiro atoms. The van der Waals surface area contributed by atoms with Gasteiger partial charge in [-0.2, -0.15) is 4.31 Å². The van der Waals surface area contributed by atoms with E-state index in [1.165, 1.54) is 16.6 Å². The normalized spacial score (nSPS) is 20.0. The molecular formula is C13H18Cl2N2O2S. The topological polar surface area (TPSA) is 50.3 Å². The third kappa shape index (κ3) is 3.11. The highest BCUT2D eigenvalue weighted by Crippen LogP contribution is 2.36. The molecule has 1 aromatic rings. The molecule has 112 valence electrons. The molecule has 0 aromatic carbocycles. The van der Waals surface area contributed by atoms with Gasteiger partial charge in [-0.15, -0.1) is 0 Å². The molecule has 2 rings (SSSR count). The standard InChI is InChI=1S/C13H18Cl2N2O2S/c1-3-13(2)4-6-17(7-5-13)20(18,19)10-8-11(14)12(15)16-9-10/h8-9H,3-7H2,1-2H3. The summed E-state index contributed by atoms with van der Waals surface area (Å²) in [5, 5.41) is 0.269. The number of hydrogen-bond acceptors (Lipinski definition) is 3. The van der Waals surface area contributed by atoms with Crippen molar-refractivity contribution in [2.24, 2.45) is 5.41 Å². The van der Waals surface area contributed by atoms with Crippen molar-refractivity contribution in [1.82, 2.24) is 9.29 Å². The lowest BCUT2D eigenvalue weighted by Crippen LogP contribution is -2.41. The third-order valence-corrected chi connectivity index (χ3v) is 6.74. The molecular weight excluding hydrogens is 319 g/mol. The van der Waals surface area contributed by atoms with E-state index in [0.29, 0.717) is 13.1 Å². The Morgan fingerprint density at radius 2 is 1.95 bits per heavy atom. The molecule has 0 saturated carbocycles. The maximum Gasteiger partial charge on any atom is 0.244 e. The fourth-order valence-electron chi connectivity index (χ4n) is 2.31. The second kappa shape index (κ2) is 5.79. The average Bonchev–Trinajstić information content (AvgIpc) is 2.42. The minimum atomic E-state index is -3.53. The van der Waals surface area contributed by atoms with Gasteiger partial charge in [0.05, 0.1) is 5.02 Å². The number of piperidine rings is 1. The summed E-state index contributed by atoms with van der Waals surface area (Å²) in [4.78, 5) is 3.92. The second-order valence-electron chi connectivity index (χ2n) is 5.51. The molecule has 1 saturated heterocycles. The fraction of sp³-hybridized carbons (Fsp3) is 0.615. The van der Waals surface area contributed by atoms with Crippen molar-refractivity contribution in [2.75, 3.05) is 13.1 Å². The summed E-state index contributed by atoms with van der Waals surface area (Å²) >= 11 is 11.6. The van der Waals surface area contributed by atoms with Crippen molar-refractivity contribution < 1.29 is 8.42 Å². The van der Waals surface area contributed by atoms with Gasteiger partial charge in [0.2, 0.25) is 10.0 Å². The highest BCUT2D eigenvalue weighted by molar-refractivity contribution is 7.89. The van der Waals surface area contributed by atoms with E-state index in [1.807, 2.05) is 0 Å². The third-order valence-electron chi connectivity index (χ3n) is 4.19. The van der Waals surface area contributed by atoms with E-state index in [-0.39, 0.29) is 20.5 Å². The summed E-state index contributed by atoms with van der Waals surface area (Å²) in [6.45, 7) is 5.42. The van der Waals surface area contributed by atoms with E-state index in [0.717, 1.165) is 19.3 Å². The van der Waals surface area contributed by atoms with Gasteiger partial charge < -0.3 is 0 Å². The van der Waals surface area contributed by atoms with E-state index >= 15 is 0 Å². The minimum absolute atomic E-state index is 0.104. The molecule has 1 fully saturated rings. The molecule has 0 unspecified atom stereocenters. The summed E-state index contributed by atoms with van der Waals surface area (Å²) in [6.07, 6.45) is 4.07. The van der Waals surface area contributed by atoms with Crippen molar-refractivity contribution in [2.45, 2.75) is 38.0 Å². The van der Waals surface area contributed by atoms with Crippen LogP contribution in [-0.4, -0.2) is 30.8 Å². The summed E-state index contributed by atoms with van der Waals surface area (Å²) < 4.78 is 26.6. The van der Waals surface area contributed by atoms with E-state index in [1.54, 1.807) is 0 Å². The van der Waals surface area contributed by atoms with Crippen LogP contribution in [0.1, 0.15) is 33.1 Å². The van der Waals surface area contributed by atoms with Crippen LogP contribution in [0.15, 0.2) is 17.2 Å². The van der Waals surface area contributed by atoms with Crippen LogP contribution >= 0.6 is 23.2 Å². The Labute approximate surface area is 130 Å². The van der Waals surface area contributed by atoms with Gasteiger partial charge >= 0.3 is 0 Å². The van der Waals surface area contributed by atoms with Gasteiger partial charge in [-0.3, -0.25) is 0 Å². The van der Waals surface area contributed by atoms with Crippen molar-refractivity contribution in [3.8, 4) is 0 Å². The summed E-state index contributed by atoms with van der Waals surface area (Å²) in [5.41, 5.74) is 0.238. The van der Waals surface area contributed by atoms with Crippen LogP contribution in [0.2, 0.25) is 10.2 Å². The van der Waals surface area contributed by atoms with E-state index in [9.17, 15) is 8.42 Å². The molecule has 4 nitrogen and oxygen atoms in total. The predicted molar refractivity (Wildman–Crippen MR) is 80.6 cm³/mol. The van der Waals surface area contributed by atoms with E-state index < -0.39 is 10.0 Å². The molecule has 1 aliphatic heterocycles. The van der Waals surface area contributed by atoms with E-state index in [4.69, 9.17) is 23.2 Å². The quantitative estimate of drug-likeness (QED) is 0.792. The highest BCUT2D eigenvalue weighted by Gasteiger charge is 2.34. The van der Waals surface area contributed by atoms with Gasteiger partial charge in [0.25, 0.3) is 0 Å². The molecule has 0 radical (unpaired) electrons. The summed E-state index contributed by atoms with van der Waals surface area (Å²) in [7, 11) is -3.53. The zero-order chi connectivity index (χ0) is 15.0. The van der Waals surface area contributed by atoms with Crippen LogP contribution in [0.4, 0.5) is 0 Å². The Hall–Kier alpha value is -0.360. The largest absolute Gasteiger partial charge is 0.244 e. The van der Waals surface area contributed by atoms with Crippen LogP contribution in [0.25, 0.3) is 0 Å². The lowest BCUT2D eigenvalue weighted by molar-refractivity contribution is 0.169. The van der Waals surface area contributed by atoms with Gasteiger partial charge in [-0.05, 0) is 24.3 Å². The van der Waals surface area contributed by atoms with Gasteiger partial charge in [0.15, 0.2) is 0 Å². The Kier molecular flexibility index (Phi) is 4.64. The Morgan fingerprint density at radius 1 is 1.35 bits per heavy atom. The first-order valence-electron chi connectivity index (χ1n) is 6.60. The van der Waals surface area contributed by atoms with Gasteiger partial charge in [0, 0.05) is 19.3 Å². The molecule has 7 heteroatoms. The first kappa shape index (κ1) is 16.0. The molecule has 1 aliphatic rings. The number of rotatable bonds is 3. The summed E-state index contributed by atoms with van der Waals surface area (Å²) in [5.74, 6) is 0. The molecule has 0 amide bonds. The lowest BCUT2D eigenvalue weighted by Gasteiger charge is -2.38. The van der Waals surface area contributed by atoms with E-state index in [2.05, 4.69) is 18.8 Å². The fourth-order valence-corrected chi connectivity index (χ4v) is 4.06. The van der Waals surface area contributed by atoms with Gasteiger partial charge in [-0.1, -0.05) is 43.5 Å². The number of nitrogens with zero attached hydrogens (tertiary/aromatic N) is 2. The molecule has 1 aromatic heterocycles. The Balaban J connectivity index is 2.22.